The van der Waals surface area contributed by atoms with E-state index in [0.29, 0.717) is 12.5 Å². The van der Waals surface area contributed by atoms with Crippen LogP contribution in [-0.2, 0) is 9.53 Å². The number of carbonyl (C=O) groups excluding carboxylic acids is 1. The van der Waals surface area contributed by atoms with Gasteiger partial charge in [0.15, 0.2) is 0 Å². The Hall–Kier alpha value is -2.12. The number of methoxy groups -OCH3 is 2. The van der Waals surface area contributed by atoms with Gasteiger partial charge in [-0.3, -0.25) is 4.79 Å². The second-order valence-corrected chi connectivity index (χ2v) is 2.93. The average molecular weight is 241 g/mol. The van der Waals surface area contributed by atoms with Gasteiger partial charge in [-0.1, -0.05) is 0 Å². The Morgan fingerprint density at radius 2 is 1.82 bits per heavy atom. The van der Waals surface area contributed by atoms with Gasteiger partial charge in [-0.25, -0.2) is 0 Å². The molecular weight excluding hydrogens is 226 g/mol. The Morgan fingerprint density at radius 1 is 1.18 bits per heavy atom. The molecule has 0 aliphatic carbocycles. The average Bonchev–Trinajstić information content (AvgIpc) is 2.36. The topological polar surface area (TPSA) is 98.3 Å². The van der Waals surface area contributed by atoms with E-state index in [2.05, 4.69) is 30.3 Å². The highest BCUT2D eigenvalue weighted by atomic mass is 16.5. The lowest BCUT2D eigenvalue weighted by Crippen LogP contribution is -2.17. The van der Waals surface area contributed by atoms with Crippen molar-refractivity contribution in [2.75, 3.05) is 37.9 Å². The molecule has 2 N–H and O–H groups in total. The highest BCUT2D eigenvalue weighted by Gasteiger charge is 2.07. The van der Waals surface area contributed by atoms with Crippen LogP contribution in [0.4, 0.5) is 11.9 Å². The van der Waals surface area contributed by atoms with Gasteiger partial charge in [0.25, 0.3) is 0 Å². The van der Waals surface area contributed by atoms with E-state index in [1.807, 2.05) is 6.92 Å². The maximum absolute atomic E-state index is 10.9. The van der Waals surface area contributed by atoms with Crippen LogP contribution in [0.15, 0.2) is 0 Å². The molecule has 0 atom stereocenters. The van der Waals surface area contributed by atoms with Crippen LogP contribution in [0.5, 0.6) is 6.01 Å². The molecule has 0 spiro atoms. The van der Waals surface area contributed by atoms with Crippen LogP contribution in [0.3, 0.4) is 0 Å². The Bertz CT molecular complexity index is 385. The van der Waals surface area contributed by atoms with Crippen molar-refractivity contribution in [3.8, 4) is 6.01 Å². The molecule has 0 radical (unpaired) electrons. The summed E-state index contributed by atoms with van der Waals surface area (Å²) in [5, 5.41) is 5.64. The normalized spacial score (nSPS) is 9.59. The zero-order valence-electron chi connectivity index (χ0n) is 9.98. The summed E-state index contributed by atoms with van der Waals surface area (Å²) >= 11 is 0. The molecule has 1 aromatic rings. The van der Waals surface area contributed by atoms with E-state index in [4.69, 9.17) is 4.74 Å². The van der Waals surface area contributed by atoms with Gasteiger partial charge in [0.05, 0.1) is 14.2 Å². The lowest BCUT2D eigenvalue weighted by atomic mass is 10.6. The van der Waals surface area contributed by atoms with Crippen molar-refractivity contribution < 1.29 is 14.3 Å². The lowest BCUT2D eigenvalue weighted by Gasteiger charge is -2.07. The summed E-state index contributed by atoms with van der Waals surface area (Å²) in [4.78, 5) is 22.9. The standard InChI is InChI=1S/C9H15N5O3/c1-4-10-7-12-8(11-5-6(15)16-2)14-9(13-7)17-3/h4-5H2,1-3H3,(H2,10,11,12,13,14). The highest BCUT2D eigenvalue weighted by Crippen LogP contribution is 2.10. The quantitative estimate of drug-likeness (QED) is 0.666. The first kappa shape index (κ1) is 12.9. The zero-order valence-corrected chi connectivity index (χ0v) is 9.98. The van der Waals surface area contributed by atoms with Gasteiger partial charge in [-0.2, -0.15) is 15.0 Å². The molecule has 0 bridgehead atoms. The number of hydrogen-bond donors (Lipinski definition) is 2. The first-order chi connectivity index (χ1) is 8.19. The molecule has 8 heteroatoms. The van der Waals surface area contributed by atoms with Crippen LogP contribution in [0.2, 0.25) is 0 Å². The first-order valence-electron chi connectivity index (χ1n) is 5.04. The second-order valence-electron chi connectivity index (χ2n) is 2.93. The molecule has 17 heavy (non-hydrogen) atoms. The van der Waals surface area contributed by atoms with Gasteiger partial charge in [-0.15, -0.1) is 0 Å². The Balaban J connectivity index is 2.75. The molecule has 0 amide bonds. The van der Waals surface area contributed by atoms with E-state index >= 15 is 0 Å². The molecule has 1 aromatic heterocycles. The number of carbonyl (C=O) groups is 1. The van der Waals surface area contributed by atoms with Gasteiger partial charge in [0.1, 0.15) is 6.54 Å². The molecule has 8 nitrogen and oxygen atoms in total. The van der Waals surface area contributed by atoms with Crippen molar-refractivity contribution in [2.45, 2.75) is 6.92 Å². The summed E-state index contributed by atoms with van der Waals surface area (Å²) in [6, 6.07) is 0.170. The molecular formula is C9H15N5O3. The van der Waals surface area contributed by atoms with Crippen LogP contribution < -0.4 is 15.4 Å². The molecule has 0 aliphatic heterocycles. The van der Waals surface area contributed by atoms with E-state index < -0.39 is 5.97 Å². The monoisotopic (exact) mass is 241 g/mol. The SMILES string of the molecule is CCNc1nc(NCC(=O)OC)nc(OC)n1. The third-order valence-electron chi connectivity index (χ3n) is 1.75. The number of ether oxygens (including phenoxy) is 2. The molecule has 0 saturated carbocycles. The first-order valence-corrected chi connectivity index (χ1v) is 5.04. The number of esters is 1. The van der Waals surface area contributed by atoms with Crippen molar-refractivity contribution in [3.63, 3.8) is 0 Å². The third kappa shape index (κ3) is 4.09. The number of anilines is 2. The molecule has 0 saturated heterocycles. The molecule has 0 aromatic carbocycles. The number of nitrogens with one attached hydrogen (secondary N) is 2. The minimum absolute atomic E-state index is 0.0186. The fourth-order valence-corrected chi connectivity index (χ4v) is 0.987. The Labute approximate surface area is 98.8 Å². The number of aromatic nitrogens is 3. The van der Waals surface area contributed by atoms with E-state index in [9.17, 15) is 4.79 Å². The lowest BCUT2D eigenvalue weighted by molar-refractivity contribution is -0.138. The van der Waals surface area contributed by atoms with E-state index in [0.717, 1.165) is 0 Å². The largest absolute Gasteiger partial charge is 0.468 e. The summed E-state index contributed by atoms with van der Waals surface area (Å²) < 4.78 is 9.40. The van der Waals surface area contributed by atoms with E-state index in [-0.39, 0.29) is 18.5 Å². The van der Waals surface area contributed by atoms with Crippen LogP contribution in [0.1, 0.15) is 6.92 Å². The number of rotatable bonds is 6. The van der Waals surface area contributed by atoms with Crippen molar-refractivity contribution in [1.82, 2.24) is 15.0 Å². The summed E-state index contributed by atoms with van der Waals surface area (Å²) in [6.07, 6.45) is 0. The Morgan fingerprint density at radius 3 is 2.35 bits per heavy atom. The summed E-state index contributed by atoms with van der Waals surface area (Å²) in [6.45, 7) is 2.57. The van der Waals surface area contributed by atoms with Crippen molar-refractivity contribution in [3.05, 3.63) is 0 Å². The Kier molecular flexibility index (Phi) is 4.92. The third-order valence-corrected chi connectivity index (χ3v) is 1.75. The molecule has 1 rings (SSSR count). The van der Waals surface area contributed by atoms with Gasteiger partial charge >= 0.3 is 12.0 Å². The zero-order chi connectivity index (χ0) is 12.7. The smallest absolute Gasteiger partial charge is 0.325 e. The van der Waals surface area contributed by atoms with Crippen LogP contribution in [-0.4, -0.2) is 48.2 Å². The maximum atomic E-state index is 10.9. The van der Waals surface area contributed by atoms with Crippen LogP contribution in [0.25, 0.3) is 0 Å². The predicted molar refractivity (Wildman–Crippen MR) is 61.0 cm³/mol. The fraction of sp³-hybridized carbons (Fsp3) is 0.556. The highest BCUT2D eigenvalue weighted by molar-refractivity contribution is 5.74. The van der Waals surface area contributed by atoms with Crippen LogP contribution in [0, 0.1) is 0 Å². The minimum Gasteiger partial charge on any atom is -0.468 e. The van der Waals surface area contributed by atoms with Crippen molar-refractivity contribution >= 4 is 17.9 Å². The maximum Gasteiger partial charge on any atom is 0.325 e. The van der Waals surface area contributed by atoms with Gasteiger partial charge in [-0.05, 0) is 6.92 Å². The van der Waals surface area contributed by atoms with Gasteiger partial charge in [0, 0.05) is 6.54 Å². The summed E-state index contributed by atoms with van der Waals surface area (Å²) in [5.74, 6) is 0.222. The van der Waals surface area contributed by atoms with Crippen molar-refractivity contribution in [2.24, 2.45) is 0 Å². The molecule has 0 unspecified atom stereocenters. The molecule has 94 valence electrons. The van der Waals surface area contributed by atoms with Crippen molar-refractivity contribution in [1.29, 1.82) is 0 Å². The molecule has 0 aliphatic rings. The van der Waals surface area contributed by atoms with Gasteiger partial charge in [0.2, 0.25) is 11.9 Å². The van der Waals surface area contributed by atoms with Crippen LogP contribution >= 0.6 is 0 Å². The summed E-state index contributed by atoms with van der Waals surface area (Å²) in [5.41, 5.74) is 0. The number of nitrogens with zero attached hydrogens (tertiary/aromatic N) is 3. The number of hydrogen-bond acceptors (Lipinski definition) is 8. The van der Waals surface area contributed by atoms with E-state index in [1.54, 1.807) is 0 Å². The fourth-order valence-electron chi connectivity index (χ4n) is 0.987. The molecule has 0 fully saturated rings. The summed E-state index contributed by atoms with van der Waals surface area (Å²) in [7, 11) is 2.76. The predicted octanol–water partition coefficient (Wildman–Crippen LogP) is -0.103. The van der Waals surface area contributed by atoms with Gasteiger partial charge < -0.3 is 20.1 Å². The molecule has 1 heterocycles. The van der Waals surface area contributed by atoms with E-state index in [1.165, 1.54) is 14.2 Å². The minimum atomic E-state index is -0.408. The second kappa shape index (κ2) is 6.46.